The molecule has 0 bridgehead atoms. The summed E-state index contributed by atoms with van der Waals surface area (Å²) in [5, 5.41) is 0. The molecule has 0 heterocycles. The third-order valence-corrected chi connectivity index (χ3v) is 3.47. The van der Waals surface area contributed by atoms with Crippen LogP contribution in [-0.2, 0) is 6.42 Å². The molecule has 2 N–H and O–H groups in total. The van der Waals surface area contributed by atoms with E-state index in [9.17, 15) is 8.78 Å². The molecule has 2 rings (SSSR count). The van der Waals surface area contributed by atoms with Crippen LogP contribution in [0, 0.1) is 32.4 Å². The van der Waals surface area contributed by atoms with Crippen molar-refractivity contribution < 1.29 is 13.5 Å². The molecular formula is C17H19F2NO. The molecule has 2 aromatic carbocycles. The lowest BCUT2D eigenvalue weighted by Crippen LogP contribution is -2.04. The average molecular weight is 291 g/mol. The molecule has 21 heavy (non-hydrogen) atoms. The number of aryl methyl sites for hydroxylation is 2. The predicted octanol–water partition coefficient (Wildman–Crippen LogP) is 4.18. The topological polar surface area (TPSA) is 35.2 Å². The Balaban J connectivity index is 2.40. The molecule has 0 fully saturated rings. The van der Waals surface area contributed by atoms with Gasteiger partial charge < -0.3 is 10.5 Å². The second-order valence-electron chi connectivity index (χ2n) is 5.23. The normalized spacial score (nSPS) is 10.8. The number of benzene rings is 2. The van der Waals surface area contributed by atoms with Gasteiger partial charge in [0.1, 0.15) is 5.75 Å². The number of ether oxygens (including phenoxy) is 1. The Bertz CT molecular complexity index is 645. The largest absolute Gasteiger partial charge is 0.451 e. The highest BCUT2D eigenvalue weighted by molar-refractivity contribution is 5.45. The van der Waals surface area contributed by atoms with Crippen molar-refractivity contribution in [1.82, 2.24) is 0 Å². The first-order valence-electron chi connectivity index (χ1n) is 6.86. The number of rotatable bonds is 4. The number of nitrogens with two attached hydrogens (primary N) is 1. The maximum atomic E-state index is 14.0. The Kier molecular flexibility index (Phi) is 4.58. The molecule has 0 radical (unpaired) electrons. The molecule has 0 unspecified atom stereocenters. The molecule has 0 aromatic heterocycles. The third-order valence-electron chi connectivity index (χ3n) is 3.47. The Morgan fingerprint density at radius 3 is 2.19 bits per heavy atom. The lowest BCUT2D eigenvalue weighted by atomic mass is 10.1. The fourth-order valence-corrected chi connectivity index (χ4v) is 2.24. The Labute approximate surface area is 123 Å². The molecule has 0 aliphatic carbocycles. The molecule has 0 saturated heterocycles. The van der Waals surface area contributed by atoms with Crippen molar-refractivity contribution in [3.05, 3.63) is 58.2 Å². The molecule has 0 saturated carbocycles. The third kappa shape index (κ3) is 3.39. The highest BCUT2D eigenvalue weighted by Gasteiger charge is 2.15. The summed E-state index contributed by atoms with van der Waals surface area (Å²) in [7, 11) is 0. The zero-order chi connectivity index (χ0) is 15.6. The second-order valence-corrected chi connectivity index (χ2v) is 5.23. The molecule has 4 heteroatoms. The van der Waals surface area contributed by atoms with E-state index in [-0.39, 0.29) is 5.75 Å². The van der Waals surface area contributed by atoms with Gasteiger partial charge in [0.05, 0.1) is 0 Å². The van der Waals surface area contributed by atoms with Gasteiger partial charge in [-0.15, -0.1) is 0 Å². The van der Waals surface area contributed by atoms with Crippen LogP contribution in [0.3, 0.4) is 0 Å². The first-order chi connectivity index (χ1) is 9.92. The SMILES string of the molecule is Cc1cc(C)c(C)c(Oc2c(F)cc(CCN)cc2F)c1. The Morgan fingerprint density at radius 2 is 1.62 bits per heavy atom. The molecule has 2 aromatic rings. The first-order valence-corrected chi connectivity index (χ1v) is 6.86. The van der Waals surface area contributed by atoms with Gasteiger partial charge in [0.2, 0.25) is 0 Å². The molecule has 0 aliphatic rings. The summed E-state index contributed by atoms with van der Waals surface area (Å²) in [6.45, 7) is 6.06. The molecular weight excluding hydrogens is 272 g/mol. The number of hydrogen-bond donors (Lipinski definition) is 1. The number of halogens is 2. The van der Waals surface area contributed by atoms with Crippen LogP contribution >= 0.6 is 0 Å². The summed E-state index contributed by atoms with van der Waals surface area (Å²) < 4.78 is 33.6. The van der Waals surface area contributed by atoms with E-state index in [0.29, 0.717) is 24.3 Å². The summed E-state index contributed by atoms with van der Waals surface area (Å²) in [5.41, 5.74) is 8.79. The van der Waals surface area contributed by atoms with Crippen LogP contribution in [-0.4, -0.2) is 6.54 Å². The van der Waals surface area contributed by atoms with Gasteiger partial charge in [-0.1, -0.05) is 6.07 Å². The first kappa shape index (κ1) is 15.4. The van der Waals surface area contributed by atoms with E-state index in [1.807, 2.05) is 26.8 Å². The van der Waals surface area contributed by atoms with Crippen molar-refractivity contribution in [2.75, 3.05) is 6.54 Å². The Hall–Kier alpha value is -1.94. The van der Waals surface area contributed by atoms with Gasteiger partial charge in [0.15, 0.2) is 17.4 Å². The van der Waals surface area contributed by atoms with E-state index >= 15 is 0 Å². The van der Waals surface area contributed by atoms with E-state index in [0.717, 1.165) is 16.7 Å². The monoisotopic (exact) mass is 291 g/mol. The smallest absolute Gasteiger partial charge is 0.198 e. The van der Waals surface area contributed by atoms with Gasteiger partial charge >= 0.3 is 0 Å². The fraction of sp³-hybridized carbons (Fsp3) is 0.294. The minimum Gasteiger partial charge on any atom is -0.451 e. The summed E-state index contributed by atoms with van der Waals surface area (Å²) in [5.74, 6) is -1.32. The van der Waals surface area contributed by atoms with Crippen LogP contribution in [0.4, 0.5) is 8.78 Å². The molecule has 112 valence electrons. The van der Waals surface area contributed by atoms with Crippen molar-refractivity contribution >= 4 is 0 Å². The maximum absolute atomic E-state index is 14.0. The van der Waals surface area contributed by atoms with Crippen LogP contribution in [0.2, 0.25) is 0 Å². The molecule has 0 atom stereocenters. The van der Waals surface area contributed by atoms with Crippen LogP contribution in [0.15, 0.2) is 24.3 Å². The zero-order valence-corrected chi connectivity index (χ0v) is 12.5. The number of hydrogen-bond acceptors (Lipinski definition) is 2. The standard InChI is InChI=1S/C17H19F2NO/c1-10-6-11(2)12(3)16(7-10)21-17-14(18)8-13(4-5-20)9-15(17)19/h6-9H,4-5,20H2,1-3H3. The van der Waals surface area contributed by atoms with Crippen LogP contribution in [0.25, 0.3) is 0 Å². The van der Waals surface area contributed by atoms with Crippen molar-refractivity contribution in [2.45, 2.75) is 27.2 Å². The van der Waals surface area contributed by atoms with Crippen LogP contribution in [0.5, 0.6) is 11.5 Å². The quantitative estimate of drug-likeness (QED) is 0.917. The van der Waals surface area contributed by atoms with Gasteiger partial charge in [-0.05, 0) is 74.2 Å². The lowest BCUT2D eigenvalue weighted by Gasteiger charge is -2.14. The van der Waals surface area contributed by atoms with E-state index in [4.69, 9.17) is 10.5 Å². The Morgan fingerprint density at radius 1 is 1.00 bits per heavy atom. The van der Waals surface area contributed by atoms with E-state index in [1.54, 1.807) is 6.07 Å². The summed E-state index contributed by atoms with van der Waals surface area (Å²) in [4.78, 5) is 0. The van der Waals surface area contributed by atoms with E-state index in [1.165, 1.54) is 12.1 Å². The van der Waals surface area contributed by atoms with Gasteiger partial charge in [-0.3, -0.25) is 0 Å². The van der Waals surface area contributed by atoms with Crippen molar-refractivity contribution in [1.29, 1.82) is 0 Å². The highest BCUT2D eigenvalue weighted by Crippen LogP contribution is 2.32. The zero-order valence-electron chi connectivity index (χ0n) is 12.5. The molecule has 0 aliphatic heterocycles. The van der Waals surface area contributed by atoms with Gasteiger partial charge in [0, 0.05) is 0 Å². The maximum Gasteiger partial charge on any atom is 0.198 e. The van der Waals surface area contributed by atoms with Crippen molar-refractivity contribution in [3.8, 4) is 11.5 Å². The van der Waals surface area contributed by atoms with Gasteiger partial charge in [-0.2, -0.15) is 0 Å². The average Bonchev–Trinajstić information content (AvgIpc) is 2.39. The van der Waals surface area contributed by atoms with Crippen LogP contribution in [0.1, 0.15) is 22.3 Å². The van der Waals surface area contributed by atoms with Gasteiger partial charge in [0.25, 0.3) is 0 Å². The minimum absolute atomic E-state index is 0.343. The summed E-state index contributed by atoms with van der Waals surface area (Å²) in [6.07, 6.45) is 0.427. The predicted molar refractivity (Wildman–Crippen MR) is 79.8 cm³/mol. The van der Waals surface area contributed by atoms with Crippen LogP contribution < -0.4 is 10.5 Å². The van der Waals surface area contributed by atoms with Gasteiger partial charge in [-0.25, -0.2) is 8.78 Å². The minimum atomic E-state index is -0.711. The molecule has 2 nitrogen and oxygen atoms in total. The van der Waals surface area contributed by atoms with E-state index < -0.39 is 11.6 Å². The summed E-state index contributed by atoms with van der Waals surface area (Å²) in [6, 6.07) is 6.31. The lowest BCUT2D eigenvalue weighted by molar-refractivity contribution is 0.404. The molecule has 0 spiro atoms. The van der Waals surface area contributed by atoms with Crippen molar-refractivity contribution in [2.24, 2.45) is 5.73 Å². The molecule has 0 amide bonds. The van der Waals surface area contributed by atoms with Crippen molar-refractivity contribution in [3.63, 3.8) is 0 Å². The summed E-state index contributed by atoms with van der Waals surface area (Å²) >= 11 is 0. The fourth-order valence-electron chi connectivity index (χ4n) is 2.24. The second kappa shape index (κ2) is 6.22. The van der Waals surface area contributed by atoms with E-state index in [2.05, 4.69) is 0 Å². The highest BCUT2D eigenvalue weighted by atomic mass is 19.1.